The normalized spacial score (nSPS) is 16.9. The van der Waals surface area contributed by atoms with Gasteiger partial charge in [-0.3, -0.25) is 4.90 Å². The summed E-state index contributed by atoms with van der Waals surface area (Å²) in [5, 5.41) is 9.36. The molecule has 0 aliphatic carbocycles. The Labute approximate surface area is 120 Å². The molecule has 1 N–H and O–H groups in total. The summed E-state index contributed by atoms with van der Waals surface area (Å²) in [7, 11) is 4.15. The van der Waals surface area contributed by atoms with Gasteiger partial charge >= 0.3 is 0 Å². The van der Waals surface area contributed by atoms with Gasteiger partial charge in [-0.1, -0.05) is 12.1 Å². The molecule has 0 spiro atoms. The molecule has 0 unspecified atom stereocenters. The van der Waals surface area contributed by atoms with E-state index in [0.29, 0.717) is 11.3 Å². The lowest BCUT2D eigenvalue weighted by molar-refractivity contribution is 0.228. The van der Waals surface area contributed by atoms with Crippen LogP contribution >= 0.6 is 0 Å². The molecule has 1 heterocycles. The standard InChI is InChI=1S/C15H24FN3O/c1-17(2)6-7-18-8-10-19(11-9-18)15-13(12-20)4-3-5-14(15)16/h3-5,20H,6-12H2,1-2H3. The third kappa shape index (κ3) is 3.69. The number of likely N-dealkylation sites (N-methyl/N-ethyl adjacent to an activating group) is 1. The monoisotopic (exact) mass is 281 g/mol. The summed E-state index contributed by atoms with van der Waals surface area (Å²) < 4.78 is 14.0. The van der Waals surface area contributed by atoms with Crippen molar-refractivity contribution in [2.24, 2.45) is 0 Å². The summed E-state index contributed by atoms with van der Waals surface area (Å²) in [5.41, 5.74) is 1.24. The molecular weight excluding hydrogens is 257 g/mol. The van der Waals surface area contributed by atoms with E-state index in [2.05, 4.69) is 23.9 Å². The highest BCUT2D eigenvalue weighted by Gasteiger charge is 2.21. The van der Waals surface area contributed by atoms with Crippen molar-refractivity contribution in [1.82, 2.24) is 9.80 Å². The van der Waals surface area contributed by atoms with Crippen molar-refractivity contribution in [2.45, 2.75) is 6.61 Å². The average molecular weight is 281 g/mol. The second-order valence-electron chi connectivity index (χ2n) is 5.54. The van der Waals surface area contributed by atoms with E-state index in [4.69, 9.17) is 0 Å². The van der Waals surface area contributed by atoms with Crippen molar-refractivity contribution >= 4 is 5.69 Å². The molecule has 0 aromatic heterocycles. The number of anilines is 1. The lowest BCUT2D eigenvalue weighted by atomic mass is 10.1. The smallest absolute Gasteiger partial charge is 0.146 e. The number of aliphatic hydroxyl groups is 1. The van der Waals surface area contributed by atoms with Crippen molar-refractivity contribution in [1.29, 1.82) is 0 Å². The first-order chi connectivity index (χ1) is 9.61. The van der Waals surface area contributed by atoms with E-state index in [1.54, 1.807) is 12.1 Å². The van der Waals surface area contributed by atoms with Crippen LogP contribution in [0.15, 0.2) is 18.2 Å². The molecule has 4 nitrogen and oxygen atoms in total. The average Bonchev–Trinajstić information content (AvgIpc) is 2.45. The summed E-state index contributed by atoms with van der Waals surface area (Å²) in [6.45, 7) is 5.46. The lowest BCUT2D eigenvalue weighted by Gasteiger charge is -2.37. The van der Waals surface area contributed by atoms with Gasteiger partial charge in [0.05, 0.1) is 12.3 Å². The molecule has 1 fully saturated rings. The Morgan fingerprint density at radius 1 is 1.20 bits per heavy atom. The number of rotatable bonds is 5. The Morgan fingerprint density at radius 2 is 1.90 bits per heavy atom. The van der Waals surface area contributed by atoms with Crippen molar-refractivity contribution < 1.29 is 9.50 Å². The molecule has 0 atom stereocenters. The zero-order valence-corrected chi connectivity index (χ0v) is 12.3. The summed E-state index contributed by atoms with van der Waals surface area (Å²) >= 11 is 0. The van der Waals surface area contributed by atoms with Crippen LogP contribution in [0.3, 0.4) is 0 Å². The fourth-order valence-corrected chi connectivity index (χ4v) is 2.58. The van der Waals surface area contributed by atoms with Gasteiger partial charge in [0.1, 0.15) is 5.82 Å². The van der Waals surface area contributed by atoms with E-state index in [9.17, 15) is 9.50 Å². The molecule has 1 aliphatic rings. The van der Waals surface area contributed by atoms with Crippen LogP contribution in [0.5, 0.6) is 0 Å². The van der Waals surface area contributed by atoms with Gasteiger partial charge < -0.3 is 14.9 Å². The van der Waals surface area contributed by atoms with Gasteiger partial charge in [-0.25, -0.2) is 4.39 Å². The number of hydrogen-bond acceptors (Lipinski definition) is 4. The Balaban J connectivity index is 1.97. The summed E-state index contributed by atoms with van der Waals surface area (Å²) in [4.78, 5) is 6.62. The molecule has 1 aromatic carbocycles. The Kier molecular flexibility index (Phi) is 5.34. The number of benzene rings is 1. The number of halogens is 1. The van der Waals surface area contributed by atoms with E-state index < -0.39 is 0 Å². The fraction of sp³-hybridized carbons (Fsp3) is 0.600. The molecule has 5 heteroatoms. The molecule has 0 radical (unpaired) electrons. The van der Waals surface area contributed by atoms with Crippen molar-refractivity contribution in [3.63, 3.8) is 0 Å². The van der Waals surface area contributed by atoms with E-state index in [1.807, 2.05) is 4.90 Å². The first-order valence-corrected chi connectivity index (χ1v) is 7.12. The predicted octanol–water partition coefficient (Wildman–Crippen LogP) is 1.00. The number of hydrogen-bond donors (Lipinski definition) is 1. The largest absolute Gasteiger partial charge is 0.392 e. The molecular formula is C15H24FN3O. The van der Waals surface area contributed by atoms with Gasteiger partial charge in [0.2, 0.25) is 0 Å². The lowest BCUT2D eigenvalue weighted by Crippen LogP contribution is -2.48. The van der Waals surface area contributed by atoms with Crippen LogP contribution in [-0.2, 0) is 6.61 Å². The molecule has 112 valence electrons. The highest BCUT2D eigenvalue weighted by molar-refractivity contribution is 5.55. The first kappa shape index (κ1) is 15.2. The summed E-state index contributed by atoms with van der Waals surface area (Å²) in [5.74, 6) is -0.238. The fourth-order valence-electron chi connectivity index (χ4n) is 2.58. The van der Waals surface area contributed by atoms with Crippen LogP contribution in [-0.4, -0.2) is 68.3 Å². The van der Waals surface area contributed by atoms with Gasteiger partial charge in [-0.05, 0) is 20.2 Å². The number of nitrogens with zero attached hydrogens (tertiary/aromatic N) is 3. The van der Waals surface area contributed by atoms with Crippen LogP contribution in [0.1, 0.15) is 5.56 Å². The van der Waals surface area contributed by atoms with Crippen molar-refractivity contribution in [3.05, 3.63) is 29.6 Å². The van der Waals surface area contributed by atoms with Gasteiger partial charge in [-0.15, -0.1) is 0 Å². The molecule has 2 rings (SSSR count). The minimum Gasteiger partial charge on any atom is -0.392 e. The Morgan fingerprint density at radius 3 is 2.50 bits per heavy atom. The van der Waals surface area contributed by atoms with Crippen LogP contribution in [0.25, 0.3) is 0 Å². The van der Waals surface area contributed by atoms with Crippen molar-refractivity contribution in [2.75, 3.05) is 58.3 Å². The highest BCUT2D eigenvalue weighted by Crippen LogP contribution is 2.25. The molecule has 1 saturated heterocycles. The van der Waals surface area contributed by atoms with Crippen molar-refractivity contribution in [3.8, 4) is 0 Å². The van der Waals surface area contributed by atoms with E-state index in [-0.39, 0.29) is 12.4 Å². The predicted molar refractivity (Wildman–Crippen MR) is 79.5 cm³/mol. The maximum atomic E-state index is 14.0. The molecule has 20 heavy (non-hydrogen) atoms. The number of piperazine rings is 1. The van der Waals surface area contributed by atoms with Gasteiger partial charge in [0, 0.05) is 44.8 Å². The summed E-state index contributed by atoms with van der Waals surface area (Å²) in [6, 6.07) is 4.90. The van der Waals surface area contributed by atoms with E-state index in [1.165, 1.54) is 6.07 Å². The second kappa shape index (κ2) is 7.02. The quantitative estimate of drug-likeness (QED) is 0.872. The molecule has 0 amide bonds. The minimum atomic E-state index is -0.238. The van der Waals surface area contributed by atoms with Crippen LogP contribution in [0.4, 0.5) is 10.1 Å². The van der Waals surface area contributed by atoms with E-state index in [0.717, 1.165) is 39.3 Å². The van der Waals surface area contributed by atoms with Crippen LogP contribution in [0.2, 0.25) is 0 Å². The summed E-state index contributed by atoms with van der Waals surface area (Å²) in [6.07, 6.45) is 0. The first-order valence-electron chi connectivity index (χ1n) is 7.12. The molecule has 1 aromatic rings. The third-order valence-electron chi connectivity index (χ3n) is 3.79. The van der Waals surface area contributed by atoms with Crippen LogP contribution < -0.4 is 4.90 Å². The SMILES string of the molecule is CN(C)CCN1CCN(c2c(F)cccc2CO)CC1. The number of aliphatic hydroxyl groups excluding tert-OH is 1. The zero-order chi connectivity index (χ0) is 14.5. The Bertz CT molecular complexity index is 431. The maximum Gasteiger partial charge on any atom is 0.146 e. The molecule has 0 bridgehead atoms. The second-order valence-corrected chi connectivity index (χ2v) is 5.54. The van der Waals surface area contributed by atoms with Gasteiger partial charge in [0.25, 0.3) is 0 Å². The van der Waals surface area contributed by atoms with Gasteiger partial charge in [0.15, 0.2) is 0 Å². The minimum absolute atomic E-state index is 0.117. The van der Waals surface area contributed by atoms with Crippen LogP contribution in [0, 0.1) is 5.82 Å². The number of para-hydroxylation sites is 1. The van der Waals surface area contributed by atoms with Gasteiger partial charge in [-0.2, -0.15) is 0 Å². The third-order valence-corrected chi connectivity index (χ3v) is 3.79. The molecule has 0 saturated carbocycles. The highest BCUT2D eigenvalue weighted by atomic mass is 19.1. The Hall–Kier alpha value is -1.17. The zero-order valence-electron chi connectivity index (χ0n) is 12.3. The topological polar surface area (TPSA) is 30.0 Å². The van der Waals surface area contributed by atoms with E-state index >= 15 is 0 Å². The maximum absolute atomic E-state index is 14.0. The molecule has 1 aliphatic heterocycles.